The number of hydrogen-bond donors (Lipinski definition) is 18. The molecule has 38 nitrogen and oxygen atoms in total. The van der Waals surface area contributed by atoms with Gasteiger partial charge in [-0.1, -0.05) is 100 Å². The molecule has 1 aliphatic carbocycles. The summed E-state index contributed by atoms with van der Waals surface area (Å²) in [4.78, 5) is 183. The van der Waals surface area contributed by atoms with Crippen molar-refractivity contribution in [2.75, 3.05) is 70.7 Å². The number of ether oxygens (including phenoxy) is 2. The molecule has 5 aromatic rings. The number of rotatable bonds is 42. The maximum absolute atomic E-state index is 15.2. The molecule has 12 atom stereocenters. The van der Waals surface area contributed by atoms with Crippen molar-refractivity contribution in [1.29, 1.82) is 0 Å². The minimum absolute atomic E-state index is 0.0331. The second-order valence-corrected chi connectivity index (χ2v) is 30.9. The number of nitrogens with one attached hydrogen (secondary N) is 10. The SMILES string of the molecule is C[C@@H](O)[C@H](NC(=O)[C@@H]1CSSC[C@H](NC(=O)[C@@H](Cc2ccccc2)NC(=O)CCOCCOCCNC(=O)CCCCn2cc(CN(CC(=O)O)C3CCCCC3N(CC(=O)O)CC(=O)O)nn2)C(=O)N[C@@H](Cc2ccc(O)cc2)C(=O)N[C@H](Cc2c[nH]c3ccccc23)C(=O)N[C@@H](CCCCN)C(=O)N[C@@H]([C@@H](C)O)C(=O)N1)C(=O)O. The summed E-state index contributed by atoms with van der Waals surface area (Å²) in [7, 11) is 1.71. The Kier molecular flexibility index (Phi) is 38.6. The Labute approximate surface area is 676 Å². The Balaban J connectivity index is 1.00. The van der Waals surface area contributed by atoms with Gasteiger partial charge in [-0.3, -0.25) is 72.0 Å². The van der Waals surface area contributed by atoms with Crippen LogP contribution in [0.15, 0.2) is 91.3 Å². The maximum Gasteiger partial charge on any atom is 0.328 e. The lowest BCUT2D eigenvalue weighted by molar-refractivity contribution is -0.146. The van der Waals surface area contributed by atoms with Crippen LogP contribution < -0.4 is 53.6 Å². The molecular formula is C76H106N16O22S2. The normalized spacial score (nSPS) is 20.5. The van der Waals surface area contributed by atoms with Crippen molar-refractivity contribution in [2.24, 2.45) is 5.73 Å². The van der Waals surface area contributed by atoms with Crippen molar-refractivity contribution >= 4 is 110 Å². The first kappa shape index (κ1) is 92.8. The summed E-state index contributed by atoms with van der Waals surface area (Å²) in [6.45, 7) is 1.79. The van der Waals surface area contributed by atoms with E-state index in [-0.39, 0.29) is 115 Å². The quantitative estimate of drug-likeness (QED) is 0.0161. The van der Waals surface area contributed by atoms with Gasteiger partial charge in [-0.05, 0) is 100 Å². The van der Waals surface area contributed by atoms with Crippen LogP contribution in [0.1, 0.15) is 107 Å². The second kappa shape index (κ2) is 48.3. The molecule has 2 aliphatic rings. The monoisotopic (exact) mass is 1660 g/mol. The third-order valence-electron chi connectivity index (χ3n) is 19.2. The van der Waals surface area contributed by atoms with Crippen LogP contribution in [0.25, 0.3) is 10.9 Å². The molecule has 7 rings (SSSR count). The van der Waals surface area contributed by atoms with Gasteiger partial charge in [-0.15, -0.1) is 5.10 Å². The number of aromatic hydroxyl groups is 1. The van der Waals surface area contributed by atoms with Gasteiger partial charge in [0.05, 0.1) is 64.0 Å². The standard InChI is InChI=1S/C76H106N16O22S2/c1-45(93)67-75(110)85-59(74(109)87-68(46(2)94)76(111)112)44-116-115-43-58(73(108)82-56(35-48-22-24-51(95)25-23-48)71(106)83-57(36-49-37-79-53-17-7-6-16-52(49)53)72(107)81-54(69(104)86-67)18-10-12-27-77)84-70(105)55(34-47-14-4-3-5-15-47)80-63(97)26-30-113-32-33-114-31-28-78-62(96)21-11-13-29-92-39-50(88-89-92)38-90(40-64(98)99)60-19-8-9-20-61(60)91(41-65(100)101)42-66(102)103/h3-7,14-17,22-25,37,39,45-46,54-61,67-68,79,93-95H,8-13,18-21,26-36,38,40-44,77H2,1-2H3,(H,78,96)(H,80,97)(H,81,107)(H,82,108)(H,83,106)(H,84,105)(H,85,110)(H,86,104)(H,87,109)(H,98,99)(H,100,101)(H,102,103)(H,111,112)/t45-,46-,54+,55-,56+,57-,58+,59+,60?,61?,67+,68+/m1/s1. The van der Waals surface area contributed by atoms with Crippen molar-refractivity contribution in [3.8, 4) is 5.75 Å². The van der Waals surface area contributed by atoms with Crippen molar-refractivity contribution in [3.05, 3.63) is 114 Å². The first-order valence-corrected chi connectivity index (χ1v) is 40.8. The number of aromatic nitrogens is 4. The number of carbonyl (C=O) groups is 13. The molecule has 0 spiro atoms. The molecule has 2 fully saturated rings. The lowest BCUT2D eigenvalue weighted by Crippen LogP contribution is -2.62. The summed E-state index contributed by atoms with van der Waals surface area (Å²) >= 11 is 0. The molecule has 3 heterocycles. The third-order valence-corrected chi connectivity index (χ3v) is 21.7. The van der Waals surface area contributed by atoms with Crippen molar-refractivity contribution in [2.45, 2.75) is 189 Å². The van der Waals surface area contributed by atoms with Crippen LogP contribution in [-0.2, 0) is 104 Å². The molecule has 1 saturated carbocycles. The van der Waals surface area contributed by atoms with Crippen molar-refractivity contribution in [1.82, 2.24) is 77.6 Å². The number of H-pyrrole nitrogens is 1. The molecule has 116 heavy (non-hydrogen) atoms. The predicted molar refractivity (Wildman–Crippen MR) is 422 cm³/mol. The van der Waals surface area contributed by atoms with Crippen LogP contribution in [0.3, 0.4) is 0 Å². The number of nitrogens with zero attached hydrogens (tertiary/aromatic N) is 5. The molecule has 1 aliphatic heterocycles. The molecule has 19 N–H and O–H groups in total. The number of hydrogen-bond acceptors (Lipinski definition) is 25. The molecule has 2 aromatic heterocycles. The van der Waals surface area contributed by atoms with E-state index in [1.807, 2.05) is 0 Å². The van der Waals surface area contributed by atoms with Crippen LogP contribution in [0, 0.1) is 0 Å². The van der Waals surface area contributed by atoms with Crippen LogP contribution in [-0.4, -0.2) is 286 Å². The van der Waals surface area contributed by atoms with Crippen LogP contribution >= 0.6 is 21.6 Å². The number of aliphatic hydroxyl groups is 2. The first-order chi connectivity index (χ1) is 55.5. The van der Waals surface area contributed by atoms with Gasteiger partial charge in [0.15, 0.2) is 6.04 Å². The Bertz CT molecular complexity index is 4070. The Hall–Kier alpha value is -10.3. The van der Waals surface area contributed by atoms with Crippen LogP contribution in [0.2, 0.25) is 0 Å². The number of aliphatic carboxylic acids is 4. The van der Waals surface area contributed by atoms with Gasteiger partial charge in [0, 0.05) is 98.6 Å². The number of phenols is 1. The van der Waals surface area contributed by atoms with Crippen LogP contribution in [0.4, 0.5) is 0 Å². The number of unbranched alkanes of at least 4 members (excludes halogenated alkanes) is 2. The molecular weight excluding hydrogens is 1550 g/mol. The van der Waals surface area contributed by atoms with Gasteiger partial charge < -0.3 is 104 Å². The molecule has 634 valence electrons. The second-order valence-electron chi connectivity index (χ2n) is 28.4. The largest absolute Gasteiger partial charge is 0.508 e. The highest BCUT2D eigenvalue weighted by Gasteiger charge is 2.40. The number of aliphatic hydroxyl groups excluding tert-OH is 2. The van der Waals surface area contributed by atoms with Crippen molar-refractivity contribution < 1.29 is 108 Å². The third kappa shape index (κ3) is 31.4. The highest BCUT2D eigenvalue weighted by atomic mass is 33.1. The average molecular weight is 1660 g/mol. The van der Waals surface area contributed by atoms with Gasteiger partial charge in [-0.25, -0.2) is 4.79 Å². The summed E-state index contributed by atoms with van der Waals surface area (Å²) in [5.74, 6) is -13.9. The highest BCUT2D eigenvalue weighted by Crippen LogP contribution is 2.30. The summed E-state index contributed by atoms with van der Waals surface area (Å²) in [5, 5.41) is 103. The van der Waals surface area contributed by atoms with E-state index in [1.165, 1.54) is 36.1 Å². The van der Waals surface area contributed by atoms with E-state index in [0.717, 1.165) is 41.4 Å². The number of carbonyl (C=O) groups excluding carboxylic acids is 9. The molecule has 2 unspecified atom stereocenters. The molecule has 9 amide bonds. The number of aromatic amines is 1. The first-order valence-electron chi connectivity index (χ1n) is 38.3. The van der Waals surface area contributed by atoms with E-state index in [1.54, 1.807) is 76.6 Å². The number of aryl methyl sites for hydroxylation is 1. The van der Waals surface area contributed by atoms with Gasteiger partial charge in [0.2, 0.25) is 53.2 Å². The van der Waals surface area contributed by atoms with Gasteiger partial charge in [-0.2, -0.15) is 0 Å². The molecule has 0 bridgehead atoms. The van der Waals surface area contributed by atoms with Gasteiger partial charge in [0.25, 0.3) is 0 Å². The zero-order valence-electron chi connectivity index (χ0n) is 64.6. The van der Waals surface area contributed by atoms with E-state index in [0.29, 0.717) is 71.9 Å². The van der Waals surface area contributed by atoms with E-state index in [2.05, 4.69) is 63.1 Å². The number of carboxylic acid groups (broad SMARTS) is 4. The Morgan fingerprint density at radius 2 is 1.27 bits per heavy atom. The van der Waals surface area contributed by atoms with Crippen molar-refractivity contribution in [3.63, 3.8) is 0 Å². The number of amides is 9. The zero-order valence-corrected chi connectivity index (χ0v) is 66.2. The lowest BCUT2D eigenvalue weighted by Gasteiger charge is -2.43. The molecule has 40 heteroatoms. The number of fused-ring (bicyclic) bond motifs is 1. The smallest absolute Gasteiger partial charge is 0.328 e. The number of para-hydroxylation sites is 1. The fourth-order valence-corrected chi connectivity index (χ4v) is 15.6. The maximum atomic E-state index is 15.2. The topological polar surface area (TPSA) is 569 Å². The van der Waals surface area contributed by atoms with E-state index < -0.39 is 163 Å². The molecule has 3 aromatic carbocycles. The summed E-state index contributed by atoms with van der Waals surface area (Å²) < 4.78 is 12.9. The minimum Gasteiger partial charge on any atom is -0.508 e. The van der Waals surface area contributed by atoms with E-state index >= 15 is 9.59 Å². The van der Waals surface area contributed by atoms with Gasteiger partial charge in [0.1, 0.15) is 48.0 Å². The lowest BCUT2D eigenvalue weighted by atomic mass is 9.87. The summed E-state index contributed by atoms with van der Waals surface area (Å²) in [5.41, 5.74) is 8.52. The number of phenolic OH excluding ortho intramolecular Hbond substituents is 1. The number of carboxylic acids is 4. The molecule has 1 saturated heterocycles. The van der Waals surface area contributed by atoms with Crippen LogP contribution in [0.5, 0.6) is 5.75 Å². The summed E-state index contributed by atoms with van der Waals surface area (Å²) in [6, 6.07) is 7.47. The zero-order chi connectivity index (χ0) is 84.2. The Morgan fingerprint density at radius 1 is 0.647 bits per heavy atom. The summed E-state index contributed by atoms with van der Waals surface area (Å²) in [6.07, 6.45) is 3.38. The molecule has 0 radical (unpaired) electrons. The van der Waals surface area contributed by atoms with Gasteiger partial charge >= 0.3 is 23.9 Å². The number of nitrogens with two attached hydrogens (primary N) is 1. The number of benzene rings is 3. The minimum atomic E-state index is -1.89. The van der Waals surface area contributed by atoms with E-state index in [9.17, 15) is 88.5 Å². The Morgan fingerprint density at radius 3 is 1.93 bits per heavy atom. The predicted octanol–water partition coefficient (Wildman–Crippen LogP) is -1.18. The fourth-order valence-electron chi connectivity index (χ4n) is 13.3. The van der Waals surface area contributed by atoms with E-state index in [4.69, 9.17) is 15.2 Å². The highest BCUT2D eigenvalue weighted by molar-refractivity contribution is 8.76. The fraction of sp³-hybridized carbons (Fsp3) is 0.539. The average Bonchev–Trinajstić information content (AvgIpc) is 1.47.